The van der Waals surface area contributed by atoms with Gasteiger partial charge in [0, 0.05) is 73.7 Å². The Morgan fingerprint density at radius 2 is 1.31 bits per heavy atom. The molecule has 0 amide bonds. The van der Waals surface area contributed by atoms with Crippen LogP contribution in [0.2, 0.25) is 0 Å². The normalized spacial score (nSPS) is 9.12. The van der Waals surface area contributed by atoms with E-state index in [1.54, 1.807) is 31.3 Å². The Morgan fingerprint density at radius 1 is 0.857 bits per heavy atom. The van der Waals surface area contributed by atoms with E-state index in [2.05, 4.69) is 30.0 Å². The molecule has 0 fully saturated rings. The van der Waals surface area contributed by atoms with Crippen LogP contribution in [0, 0.1) is 44.1 Å². The molecule has 1 radical (unpaired) electrons. The topological polar surface area (TPSA) is 126 Å². The molecule has 0 aliphatic carbocycles. The van der Waals surface area contributed by atoms with Gasteiger partial charge in [-0.25, -0.2) is 4.57 Å². The average Bonchev–Trinajstić information content (AvgIpc) is 2.96. The van der Waals surface area contributed by atoms with E-state index in [0.717, 1.165) is 11.3 Å². The second-order valence-corrected chi connectivity index (χ2v) is 7.17. The number of benzene rings is 1. The van der Waals surface area contributed by atoms with Crippen LogP contribution in [0.3, 0.4) is 0 Å². The number of aliphatic hydroxyl groups is 1. The van der Waals surface area contributed by atoms with E-state index in [-0.39, 0.29) is 62.0 Å². The molecule has 0 bridgehead atoms. The van der Waals surface area contributed by atoms with Crippen molar-refractivity contribution in [2.45, 2.75) is 81.8 Å². The number of Topliss-reactive ketones (excluding diaryl/α,β-unsaturated/α-hetero) is 1. The summed E-state index contributed by atoms with van der Waals surface area (Å²) in [4.78, 5) is 23.5. The van der Waals surface area contributed by atoms with Crippen molar-refractivity contribution in [3.63, 3.8) is 0 Å². The van der Waals surface area contributed by atoms with Gasteiger partial charge in [0.15, 0.2) is 12.4 Å². The predicted octanol–water partition coefficient (Wildman–Crippen LogP) is 6.32. The van der Waals surface area contributed by atoms with Crippen molar-refractivity contribution in [1.29, 1.82) is 0 Å². The first kappa shape index (κ1) is 52.3. The third-order valence-electron chi connectivity index (χ3n) is 3.40. The van der Waals surface area contributed by atoms with Gasteiger partial charge in [-0.15, -0.1) is 0 Å². The van der Waals surface area contributed by atoms with Gasteiger partial charge in [-0.3, -0.25) is 4.79 Å². The fourth-order valence-electron chi connectivity index (χ4n) is 2.02. The van der Waals surface area contributed by atoms with Crippen LogP contribution in [0.4, 0.5) is 0 Å². The maximum absolute atomic E-state index is 10.1. The number of oxime groups is 3. The number of carbonyl (C=O) groups is 1. The molecule has 2 aromatic rings. The summed E-state index contributed by atoms with van der Waals surface area (Å²) in [5.74, 6) is 0.239. The van der Waals surface area contributed by atoms with E-state index in [0.29, 0.717) is 5.56 Å². The molecular weight excluding hydrogens is 751 g/mol. The van der Waals surface area contributed by atoms with Crippen molar-refractivity contribution in [3.8, 4) is 5.75 Å². The zero-order chi connectivity index (χ0) is 33.1. The van der Waals surface area contributed by atoms with Crippen LogP contribution in [0.15, 0.2) is 64.3 Å². The molecule has 0 aliphatic heterocycles. The van der Waals surface area contributed by atoms with Gasteiger partial charge in [0.1, 0.15) is 39.9 Å². The summed E-state index contributed by atoms with van der Waals surface area (Å²) in [7, 11) is 6.49. The quantitative estimate of drug-likeness (QED) is 0.192. The summed E-state index contributed by atoms with van der Waals surface area (Å²) in [6.45, 7) is 18.8. The zero-order valence-corrected chi connectivity index (χ0v) is 33.2. The Labute approximate surface area is 291 Å². The first-order valence-corrected chi connectivity index (χ1v) is 13.6. The molecule has 1 heterocycles. The molecule has 1 atom stereocenters. The predicted molar refractivity (Wildman–Crippen MR) is 172 cm³/mol. The van der Waals surface area contributed by atoms with Gasteiger partial charge >= 0.3 is 0 Å². The van der Waals surface area contributed by atoms with Gasteiger partial charge in [0.25, 0.3) is 0 Å². The fraction of sp³-hybridized carbons (Fsp3) is 0.516. The third-order valence-corrected chi connectivity index (χ3v) is 3.40. The summed E-state index contributed by atoms with van der Waals surface area (Å²) >= 11 is 0. The van der Waals surface area contributed by atoms with Crippen molar-refractivity contribution in [2.75, 3.05) is 21.3 Å². The van der Waals surface area contributed by atoms with Gasteiger partial charge in [-0.1, -0.05) is 69.1 Å². The molecular formula is C31H57AcN4O6+. The molecule has 10 nitrogen and oxygen atoms in total. The fourth-order valence-corrected chi connectivity index (χ4v) is 2.02. The number of ketones is 1. The molecule has 2 N–H and O–H groups in total. The van der Waals surface area contributed by atoms with Gasteiger partial charge in [-0.05, 0) is 39.8 Å². The maximum atomic E-state index is 10.1. The van der Waals surface area contributed by atoms with Crippen LogP contribution in [0.5, 0.6) is 5.75 Å². The second-order valence-electron chi connectivity index (χ2n) is 7.17. The number of carbonyl (C=O) groups excluding carboxylic acids is 1. The van der Waals surface area contributed by atoms with E-state index < -0.39 is 6.10 Å². The Hall–Kier alpha value is -2.35. The Balaban J connectivity index is -0.0000000985. The minimum Gasteiger partial charge on any atom is -0.507 e. The standard InChI is InChI=1S/C8H11N2O.C8H9NO2.C5H10O2.C4H9NO.3C2H6.Ac/c1-10-5-3-8(4-6-10)7-9-11-2;1-11-9-6-7-4-2-3-5-8(7)10;1-4(6)3-5(2)7;1-4(2)5-6-3;3*1-2;/h3-7H,1-2H3;2-6,10H,1H3;4,6H,3H2,1-2H3;1-3H3;3*1-2H3;/q+1;;;;;;;. The molecule has 1 unspecified atom stereocenters. The van der Waals surface area contributed by atoms with E-state index >= 15 is 0 Å². The smallest absolute Gasteiger partial charge is 0.169 e. The molecule has 0 aliphatic rings. The van der Waals surface area contributed by atoms with E-state index in [4.69, 9.17) is 5.11 Å². The molecule has 0 spiro atoms. The average molecular weight is 809 g/mol. The van der Waals surface area contributed by atoms with Crippen LogP contribution in [0.1, 0.15) is 86.8 Å². The summed E-state index contributed by atoms with van der Waals surface area (Å²) in [5.41, 5.74) is 2.62. The summed E-state index contributed by atoms with van der Waals surface area (Å²) in [6, 6.07) is 10.8. The Morgan fingerprint density at radius 3 is 1.62 bits per heavy atom. The van der Waals surface area contributed by atoms with Crippen molar-refractivity contribution < 1.29 is 78.1 Å². The number of para-hydroxylation sites is 1. The molecule has 0 saturated carbocycles. The SMILES string of the molecule is CC.CC.CC.CC(=O)CC(C)O.CON=C(C)C.CON=Cc1cc[n+](C)cc1.CON=Cc1ccccc1O.[Ac]. The molecule has 42 heavy (non-hydrogen) atoms. The van der Waals surface area contributed by atoms with Crippen molar-refractivity contribution >= 4 is 23.9 Å². The molecule has 239 valence electrons. The van der Waals surface area contributed by atoms with Gasteiger partial charge in [-0.2, -0.15) is 0 Å². The molecule has 11 heteroatoms. The molecule has 1 aromatic carbocycles. The van der Waals surface area contributed by atoms with Gasteiger partial charge in [0.2, 0.25) is 0 Å². The minimum absolute atomic E-state index is 0. The number of aromatic nitrogens is 1. The largest absolute Gasteiger partial charge is 0.507 e. The van der Waals surface area contributed by atoms with E-state index in [1.165, 1.54) is 34.5 Å². The molecule has 1 aromatic heterocycles. The number of phenols is 1. The second kappa shape index (κ2) is 43.1. The first-order chi connectivity index (χ1) is 19.6. The number of nitrogens with zero attached hydrogens (tertiary/aromatic N) is 4. The summed E-state index contributed by atoms with van der Waals surface area (Å²) in [6.07, 6.45) is 6.83. The third kappa shape index (κ3) is 44.7. The number of rotatable bonds is 7. The van der Waals surface area contributed by atoms with Gasteiger partial charge in [0.05, 0.1) is 24.2 Å². The number of aliphatic hydroxyl groups excluding tert-OH is 1. The van der Waals surface area contributed by atoms with Crippen LogP contribution in [-0.2, 0) is 26.4 Å². The van der Waals surface area contributed by atoms with Crippen molar-refractivity contribution in [3.05, 3.63) is 59.9 Å². The number of hydrogen-bond acceptors (Lipinski definition) is 9. The maximum Gasteiger partial charge on any atom is 0.169 e. The van der Waals surface area contributed by atoms with Crippen LogP contribution in [0.25, 0.3) is 0 Å². The Bertz CT molecular complexity index is 903. The number of aryl methyl sites for hydroxylation is 1. The number of pyridine rings is 1. The van der Waals surface area contributed by atoms with Crippen LogP contribution >= 0.6 is 0 Å². The summed E-state index contributed by atoms with van der Waals surface area (Å²) in [5, 5.41) is 28.4. The number of hydrogen-bond donors (Lipinski definition) is 2. The van der Waals surface area contributed by atoms with E-state index in [9.17, 15) is 9.90 Å². The molecule has 2 rings (SSSR count). The zero-order valence-electron chi connectivity index (χ0n) is 28.5. The van der Waals surface area contributed by atoms with E-state index in [1.807, 2.05) is 97.6 Å². The Kier molecular flexibility index (Phi) is 53.7. The number of aromatic hydroxyl groups is 1. The first-order valence-electron chi connectivity index (χ1n) is 13.6. The monoisotopic (exact) mass is 808 g/mol. The van der Waals surface area contributed by atoms with Crippen molar-refractivity contribution in [2.24, 2.45) is 22.5 Å². The van der Waals surface area contributed by atoms with Crippen LogP contribution in [-0.4, -0.2) is 61.6 Å². The summed E-state index contributed by atoms with van der Waals surface area (Å²) < 4.78 is 1.96. The minimum atomic E-state index is -0.475. The number of phenolic OH excluding ortho intramolecular Hbond substituents is 1. The van der Waals surface area contributed by atoms with Crippen molar-refractivity contribution in [1.82, 2.24) is 0 Å². The van der Waals surface area contributed by atoms with Gasteiger partial charge < -0.3 is 24.7 Å². The van der Waals surface area contributed by atoms with Crippen LogP contribution < -0.4 is 4.57 Å². The molecule has 0 saturated heterocycles.